The average molecular weight is 472 g/mol. The summed E-state index contributed by atoms with van der Waals surface area (Å²) in [6.45, 7) is 2.72. The van der Waals surface area contributed by atoms with Crippen LogP contribution in [-0.4, -0.2) is 15.7 Å². The molecule has 0 aliphatic rings. The Bertz CT molecular complexity index is 1470. The van der Waals surface area contributed by atoms with E-state index in [2.05, 4.69) is 34.7 Å². The number of fused-ring (bicyclic) bond motifs is 1. The summed E-state index contributed by atoms with van der Waals surface area (Å²) in [6.07, 6.45) is 3.42. The molecule has 7 heteroatoms. The van der Waals surface area contributed by atoms with Gasteiger partial charge in [0.1, 0.15) is 18.1 Å². The van der Waals surface area contributed by atoms with Gasteiger partial charge in [-0.3, -0.25) is 9.48 Å². The summed E-state index contributed by atoms with van der Waals surface area (Å²) in [4.78, 5) is 12.6. The first-order valence-corrected chi connectivity index (χ1v) is 11.2. The van der Waals surface area contributed by atoms with E-state index in [-0.39, 0.29) is 18.3 Å². The van der Waals surface area contributed by atoms with E-state index in [1.807, 2.05) is 31.2 Å². The van der Waals surface area contributed by atoms with Crippen LogP contribution in [0.5, 0.6) is 5.75 Å². The lowest BCUT2D eigenvalue weighted by atomic mass is 10.0. The zero-order valence-electron chi connectivity index (χ0n) is 18.5. The third kappa shape index (κ3) is 4.82. The minimum absolute atomic E-state index is 0.202. The van der Waals surface area contributed by atoms with Crippen molar-refractivity contribution in [1.82, 2.24) is 9.78 Å². The molecule has 1 N–H and O–H groups in total. The lowest BCUT2D eigenvalue weighted by Gasteiger charge is -2.06. The van der Waals surface area contributed by atoms with Crippen molar-refractivity contribution in [1.29, 1.82) is 0 Å². The number of hydrogen-bond acceptors (Lipinski definition) is 4. The standard InChI is InChI=1S/C27H22ClN3O3/c1-18-13-22(9-11-25(18)28)33-17-23-10-12-26(34-23)27(32)30-21-14-29-31(16-21)15-20-7-4-6-19-5-2-3-8-24(19)20/h2-14,16H,15,17H2,1H3,(H,30,32). The zero-order valence-corrected chi connectivity index (χ0v) is 19.3. The van der Waals surface area contributed by atoms with Crippen molar-refractivity contribution in [3.05, 3.63) is 113 Å². The second-order valence-corrected chi connectivity index (χ2v) is 8.39. The highest BCUT2D eigenvalue weighted by atomic mass is 35.5. The van der Waals surface area contributed by atoms with Gasteiger partial charge in [-0.2, -0.15) is 5.10 Å². The molecule has 2 heterocycles. The van der Waals surface area contributed by atoms with Crippen LogP contribution in [0.25, 0.3) is 10.8 Å². The van der Waals surface area contributed by atoms with Gasteiger partial charge in [-0.1, -0.05) is 54.1 Å². The highest BCUT2D eigenvalue weighted by Crippen LogP contribution is 2.23. The van der Waals surface area contributed by atoms with E-state index in [1.54, 1.807) is 41.3 Å². The fraction of sp³-hybridized carbons (Fsp3) is 0.111. The van der Waals surface area contributed by atoms with Gasteiger partial charge in [-0.15, -0.1) is 0 Å². The number of halogens is 1. The van der Waals surface area contributed by atoms with Crippen LogP contribution in [0.15, 0.2) is 89.6 Å². The molecule has 0 aliphatic carbocycles. The molecule has 3 aromatic carbocycles. The normalized spacial score (nSPS) is 11.0. The predicted octanol–water partition coefficient (Wildman–Crippen LogP) is 6.47. The van der Waals surface area contributed by atoms with Crippen LogP contribution in [-0.2, 0) is 13.2 Å². The molecule has 170 valence electrons. The Kier molecular flexibility index (Phi) is 6.06. The summed E-state index contributed by atoms with van der Waals surface area (Å²) >= 11 is 6.04. The van der Waals surface area contributed by atoms with Crippen molar-refractivity contribution in [3.63, 3.8) is 0 Å². The lowest BCUT2D eigenvalue weighted by Crippen LogP contribution is -2.10. The van der Waals surface area contributed by atoms with Crippen LogP contribution in [0.4, 0.5) is 5.69 Å². The van der Waals surface area contributed by atoms with E-state index >= 15 is 0 Å². The molecule has 2 aromatic heterocycles. The Morgan fingerprint density at radius 1 is 1.09 bits per heavy atom. The monoisotopic (exact) mass is 471 g/mol. The molecular formula is C27H22ClN3O3. The number of nitrogens with one attached hydrogen (secondary N) is 1. The van der Waals surface area contributed by atoms with E-state index in [9.17, 15) is 4.79 Å². The summed E-state index contributed by atoms with van der Waals surface area (Å²) in [5.41, 5.74) is 2.68. The third-order valence-electron chi connectivity index (χ3n) is 5.50. The van der Waals surface area contributed by atoms with Gasteiger partial charge in [0.05, 0.1) is 18.4 Å². The minimum atomic E-state index is -0.349. The Hall–Kier alpha value is -4.03. The van der Waals surface area contributed by atoms with E-state index in [1.165, 1.54) is 10.8 Å². The zero-order chi connectivity index (χ0) is 23.5. The van der Waals surface area contributed by atoms with Crippen molar-refractivity contribution >= 4 is 34.0 Å². The Labute approximate surface area is 201 Å². The lowest BCUT2D eigenvalue weighted by molar-refractivity contribution is 0.0992. The first-order valence-electron chi connectivity index (χ1n) is 10.8. The highest BCUT2D eigenvalue weighted by molar-refractivity contribution is 6.31. The number of furan rings is 1. The molecule has 5 rings (SSSR count). The van der Waals surface area contributed by atoms with Gasteiger partial charge in [0, 0.05) is 11.2 Å². The van der Waals surface area contributed by atoms with Crippen molar-refractivity contribution in [2.24, 2.45) is 0 Å². The summed E-state index contributed by atoms with van der Waals surface area (Å²) in [6, 6.07) is 23.2. The fourth-order valence-electron chi connectivity index (χ4n) is 3.75. The molecule has 1 amide bonds. The maximum absolute atomic E-state index is 12.6. The van der Waals surface area contributed by atoms with E-state index in [0.717, 1.165) is 11.1 Å². The summed E-state index contributed by atoms with van der Waals surface area (Å²) in [5, 5.41) is 10.3. The van der Waals surface area contributed by atoms with Crippen molar-refractivity contribution in [2.75, 3.05) is 5.32 Å². The van der Waals surface area contributed by atoms with E-state index < -0.39 is 0 Å². The smallest absolute Gasteiger partial charge is 0.291 e. The number of aryl methyl sites for hydroxylation is 1. The van der Waals surface area contributed by atoms with Crippen LogP contribution in [0.2, 0.25) is 5.02 Å². The van der Waals surface area contributed by atoms with Crippen LogP contribution in [0.3, 0.4) is 0 Å². The molecule has 0 saturated heterocycles. The van der Waals surface area contributed by atoms with Gasteiger partial charge in [0.15, 0.2) is 5.76 Å². The van der Waals surface area contributed by atoms with Gasteiger partial charge in [0.25, 0.3) is 5.91 Å². The van der Waals surface area contributed by atoms with Crippen LogP contribution in [0, 0.1) is 6.92 Å². The summed E-state index contributed by atoms with van der Waals surface area (Å²) in [5.74, 6) is 1.08. The number of anilines is 1. The maximum Gasteiger partial charge on any atom is 0.291 e. The van der Waals surface area contributed by atoms with Crippen molar-refractivity contribution < 1.29 is 13.9 Å². The molecule has 0 atom stereocenters. The Balaban J connectivity index is 1.21. The van der Waals surface area contributed by atoms with Gasteiger partial charge in [0.2, 0.25) is 0 Å². The van der Waals surface area contributed by atoms with Gasteiger partial charge < -0.3 is 14.5 Å². The molecule has 0 bridgehead atoms. The minimum Gasteiger partial charge on any atom is -0.486 e. The number of rotatable bonds is 7. The molecule has 0 spiro atoms. The van der Waals surface area contributed by atoms with E-state index in [0.29, 0.717) is 28.8 Å². The number of hydrogen-bond donors (Lipinski definition) is 1. The maximum atomic E-state index is 12.6. The average Bonchev–Trinajstić information content (AvgIpc) is 3.50. The largest absolute Gasteiger partial charge is 0.486 e. The quantitative estimate of drug-likeness (QED) is 0.295. The van der Waals surface area contributed by atoms with E-state index in [4.69, 9.17) is 20.8 Å². The van der Waals surface area contributed by atoms with Crippen LogP contribution >= 0.6 is 11.6 Å². The number of nitrogens with zero attached hydrogens (tertiary/aromatic N) is 2. The van der Waals surface area contributed by atoms with Gasteiger partial charge in [-0.25, -0.2) is 0 Å². The first-order chi connectivity index (χ1) is 16.5. The molecule has 34 heavy (non-hydrogen) atoms. The topological polar surface area (TPSA) is 69.3 Å². The summed E-state index contributed by atoms with van der Waals surface area (Å²) < 4.78 is 13.2. The number of carbonyl (C=O) groups excluding carboxylic acids is 1. The number of ether oxygens (including phenoxy) is 1. The molecule has 0 fully saturated rings. The molecule has 0 aliphatic heterocycles. The van der Waals surface area contributed by atoms with Crippen LogP contribution < -0.4 is 10.1 Å². The first kappa shape index (κ1) is 21.8. The number of carbonyl (C=O) groups is 1. The van der Waals surface area contributed by atoms with Gasteiger partial charge in [-0.05, 0) is 59.2 Å². The predicted molar refractivity (Wildman–Crippen MR) is 132 cm³/mol. The molecule has 6 nitrogen and oxygen atoms in total. The molecule has 0 radical (unpaired) electrons. The SMILES string of the molecule is Cc1cc(OCc2ccc(C(=O)Nc3cnn(Cc4cccc5ccccc45)c3)o2)ccc1Cl. The summed E-state index contributed by atoms with van der Waals surface area (Å²) in [7, 11) is 0. The second-order valence-electron chi connectivity index (χ2n) is 7.98. The Morgan fingerprint density at radius 3 is 2.82 bits per heavy atom. The molecule has 0 saturated carbocycles. The van der Waals surface area contributed by atoms with Crippen molar-refractivity contribution in [3.8, 4) is 5.75 Å². The molecular weight excluding hydrogens is 450 g/mol. The van der Waals surface area contributed by atoms with Gasteiger partial charge >= 0.3 is 0 Å². The highest BCUT2D eigenvalue weighted by Gasteiger charge is 2.13. The number of aromatic nitrogens is 2. The Morgan fingerprint density at radius 2 is 1.94 bits per heavy atom. The number of benzene rings is 3. The van der Waals surface area contributed by atoms with Crippen molar-refractivity contribution in [2.45, 2.75) is 20.1 Å². The third-order valence-corrected chi connectivity index (χ3v) is 5.92. The molecule has 5 aromatic rings. The number of amides is 1. The fourth-order valence-corrected chi connectivity index (χ4v) is 3.87. The second kappa shape index (κ2) is 9.45. The molecule has 0 unspecified atom stereocenters. The van der Waals surface area contributed by atoms with Crippen LogP contribution in [0.1, 0.15) is 27.4 Å².